The molecule has 0 amide bonds. The molecule has 2 bridgehead atoms. The Kier molecular flexibility index (Phi) is 7.32. The van der Waals surface area contributed by atoms with E-state index in [2.05, 4.69) is 31.0 Å². The van der Waals surface area contributed by atoms with Gasteiger partial charge in [-0.3, -0.25) is 14.8 Å². The van der Waals surface area contributed by atoms with Crippen molar-refractivity contribution in [2.45, 2.75) is 19.8 Å². The van der Waals surface area contributed by atoms with Crippen LogP contribution in [0.25, 0.3) is 0 Å². The quantitative estimate of drug-likeness (QED) is 0.551. The number of rotatable bonds is 2. The van der Waals surface area contributed by atoms with Crippen LogP contribution in [-0.4, -0.2) is 85.4 Å². The lowest BCUT2D eigenvalue weighted by Crippen LogP contribution is -2.45. The fourth-order valence-corrected chi connectivity index (χ4v) is 4.91. The van der Waals surface area contributed by atoms with Gasteiger partial charge >= 0.3 is 0 Å². The summed E-state index contributed by atoms with van der Waals surface area (Å²) in [6, 6.07) is 3.61. The number of allylic oxidation sites excluding steroid dienone is 2. The topological polar surface area (TPSA) is 120 Å². The lowest BCUT2D eigenvalue weighted by Gasteiger charge is -2.35. The van der Waals surface area contributed by atoms with Gasteiger partial charge in [-0.2, -0.15) is 0 Å². The van der Waals surface area contributed by atoms with Crippen LogP contribution in [0.5, 0.6) is 5.75 Å². The highest BCUT2D eigenvalue weighted by molar-refractivity contribution is 6.27. The maximum absolute atomic E-state index is 12.5. The zero-order valence-corrected chi connectivity index (χ0v) is 22.4. The molecule has 2 saturated heterocycles. The average molecular weight is 547 g/mol. The molecule has 40 heavy (non-hydrogen) atoms. The zero-order chi connectivity index (χ0) is 27.5. The molecule has 0 N–H and O–H groups in total. The van der Waals surface area contributed by atoms with Gasteiger partial charge in [0.05, 0.1) is 26.2 Å². The maximum Gasteiger partial charge on any atom is 0.233 e. The minimum Gasteiger partial charge on any atom is -0.497 e. The molecule has 6 rings (SSSR count). The number of nitrogens with zero attached hydrogens (tertiary/aromatic N) is 6. The van der Waals surface area contributed by atoms with Gasteiger partial charge in [0, 0.05) is 55.4 Å². The Morgan fingerprint density at radius 1 is 1.15 bits per heavy atom. The van der Waals surface area contributed by atoms with Crippen molar-refractivity contribution >= 4 is 23.7 Å². The van der Waals surface area contributed by atoms with Crippen LogP contribution in [0.4, 0.5) is 0 Å². The van der Waals surface area contributed by atoms with Crippen molar-refractivity contribution in [3.63, 3.8) is 0 Å². The Balaban J connectivity index is 1.40. The molecule has 2 fully saturated rings. The number of pyridine rings is 1. The van der Waals surface area contributed by atoms with E-state index in [4.69, 9.17) is 28.7 Å². The van der Waals surface area contributed by atoms with Crippen LogP contribution in [0.2, 0.25) is 0 Å². The minimum absolute atomic E-state index is 0.0383. The van der Waals surface area contributed by atoms with E-state index in [0.29, 0.717) is 48.2 Å². The summed E-state index contributed by atoms with van der Waals surface area (Å²) in [5, 5.41) is 0. The lowest BCUT2D eigenvalue weighted by molar-refractivity contribution is -0.122. The van der Waals surface area contributed by atoms with Crippen LogP contribution in [0.1, 0.15) is 18.5 Å². The van der Waals surface area contributed by atoms with Crippen molar-refractivity contribution in [1.82, 2.24) is 14.8 Å². The molecular formula is C28H30N6O6. The molecule has 4 aliphatic heterocycles. The summed E-state index contributed by atoms with van der Waals surface area (Å²) in [7, 11) is 1.60. The van der Waals surface area contributed by atoms with Crippen LogP contribution >= 0.6 is 0 Å². The van der Waals surface area contributed by atoms with E-state index in [-0.39, 0.29) is 37.5 Å². The van der Waals surface area contributed by atoms with Crippen molar-refractivity contribution in [3.05, 3.63) is 71.2 Å². The SMILES string of the molecule is COC1=C2OCOC2=C2N=C3C(CCOCC(=O)CN=C(Oc4ccc(C)nc4)C=NC=C2C1)CN1C=CN3C1. The third kappa shape index (κ3) is 5.48. The molecule has 0 spiro atoms. The summed E-state index contributed by atoms with van der Waals surface area (Å²) >= 11 is 0. The Morgan fingerprint density at radius 2 is 2.05 bits per heavy atom. The molecule has 1 unspecified atom stereocenters. The first kappa shape index (κ1) is 25.8. The standard InChI is InChI=1S/C28H30N6O6/c1-18-3-4-22(12-30-18)40-24-13-29-10-20-9-23(36-2)26-27(39-17-38-26)25(20)32-28-19(14-33-6-7-34(28)16-33)5-8-37-15-21(35)11-31-24/h3-4,6-7,10,12-13,19H,5,8-9,11,14-17H2,1-2H3. The molecule has 1 atom stereocenters. The number of hydrogen-bond donors (Lipinski definition) is 0. The van der Waals surface area contributed by atoms with E-state index in [1.165, 1.54) is 6.21 Å². The smallest absolute Gasteiger partial charge is 0.233 e. The monoisotopic (exact) mass is 546 g/mol. The molecule has 208 valence electrons. The molecule has 12 nitrogen and oxygen atoms in total. The third-order valence-corrected chi connectivity index (χ3v) is 6.92. The summed E-state index contributed by atoms with van der Waals surface area (Å²) < 4.78 is 28.9. The number of aromatic nitrogens is 1. The number of Topliss-reactive ketones (excluding diaryl/α,β-unsaturated/α-hetero) is 1. The number of amidine groups is 1. The molecule has 1 aromatic rings. The van der Waals surface area contributed by atoms with Crippen LogP contribution in [0.3, 0.4) is 0 Å². The zero-order valence-electron chi connectivity index (χ0n) is 22.4. The molecule has 0 radical (unpaired) electrons. The first-order valence-electron chi connectivity index (χ1n) is 13.1. The Hall–Kier alpha value is -4.45. The Bertz CT molecular complexity index is 1390. The van der Waals surface area contributed by atoms with Gasteiger partial charge in [-0.1, -0.05) is 0 Å². The van der Waals surface area contributed by atoms with Crippen LogP contribution in [0, 0.1) is 12.8 Å². The van der Waals surface area contributed by atoms with Crippen LogP contribution in [-0.2, 0) is 23.7 Å². The van der Waals surface area contributed by atoms with E-state index < -0.39 is 0 Å². The van der Waals surface area contributed by atoms with Crippen LogP contribution in [0.15, 0.2) is 80.5 Å². The summed E-state index contributed by atoms with van der Waals surface area (Å²) in [4.78, 5) is 35.2. The molecule has 0 saturated carbocycles. The normalized spacial score (nSPS) is 23.0. The fourth-order valence-electron chi connectivity index (χ4n) is 4.91. The molecule has 5 heterocycles. The third-order valence-electron chi connectivity index (χ3n) is 6.92. The second-order valence-corrected chi connectivity index (χ2v) is 9.77. The largest absolute Gasteiger partial charge is 0.497 e. The highest BCUT2D eigenvalue weighted by Gasteiger charge is 2.37. The molecule has 5 aliphatic rings. The summed E-state index contributed by atoms with van der Waals surface area (Å²) in [5.41, 5.74) is 2.28. The number of methoxy groups -OCH3 is 1. The highest BCUT2D eigenvalue weighted by Crippen LogP contribution is 2.40. The Labute approximate surface area is 231 Å². The molecule has 1 aliphatic carbocycles. The van der Waals surface area contributed by atoms with Crippen molar-refractivity contribution < 1.29 is 28.5 Å². The summed E-state index contributed by atoms with van der Waals surface area (Å²) in [6.07, 6.45) is 9.95. The fraction of sp³-hybridized carbons (Fsp3) is 0.393. The number of ketones is 1. The van der Waals surface area contributed by atoms with Gasteiger partial charge in [-0.05, 0) is 25.5 Å². The van der Waals surface area contributed by atoms with E-state index in [0.717, 1.165) is 30.3 Å². The molecular weight excluding hydrogens is 516 g/mol. The van der Waals surface area contributed by atoms with Gasteiger partial charge < -0.3 is 33.5 Å². The van der Waals surface area contributed by atoms with E-state index in [9.17, 15) is 4.79 Å². The van der Waals surface area contributed by atoms with Crippen molar-refractivity contribution in [2.24, 2.45) is 20.9 Å². The predicted octanol–water partition coefficient (Wildman–Crippen LogP) is 2.66. The number of aryl methyl sites for hydroxylation is 1. The van der Waals surface area contributed by atoms with Gasteiger partial charge in [-0.15, -0.1) is 0 Å². The molecule has 0 aromatic carbocycles. The van der Waals surface area contributed by atoms with Crippen molar-refractivity contribution in [1.29, 1.82) is 0 Å². The summed E-state index contributed by atoms with van der Waals surface area (Å²) in [6.45, 7) is 3.77. The number of fused-ring (bicyclic) bond motifs is 6. The van der Waals surface area contributed by atoms with Crippen LogP contribution < -0.4 is 4.74 Å². The highest BCUT2D eigenvalue weighted by atomic mass is 16.7. The van der Waals surface area contributed by atoms with Gasteiger partial charge in [-0.25, -0.2) is 9.98 Å². The minimum atomic E-state index is -0.158. The van der Waals surface area contributed by atoms with E-state index in [1.807, 2.05) is 19.2 Å². The lowest BCUT2D eigenvalue weighted by atomic mass is 9.98. The van der Waals surface area contributed by atoms with E-state index >= 15 is 0 Å². The Morgan fingerprint density at radius 3 is 2.90 bits per heavy atom. The number of carbonyl (C=O) groups excluding carboxylic acids is 1. The predicted molar refractivity (Wildman–Crippen MR) is 145 cm³/mol. The average Bonchev–Trinajstić information content (AvgIpc) is 3.60. The van der Waals surface area contributed by atoms with Crippen molar-refractivity contribution in [3.8, 4) is 5.75 Å². The van der Waals surface area contributed by atoms with Gasteiger partial charge in [0.1, 0.15) is 36.2 Å². The maximum atomic E-state index is 12.5. The second kappa shape index (κ2) is 11.3. The second-order valence-electron chi connectivity index (χ2n) is 9.77. The number of carbonyl (C=O) groups is 1. The summed E-state index contributed by atoms with van der Waals surface area (Å²) in [5.74, 6) is 3.20. The first-order valence-corrected chi connectivity index (χ1v) is 13.1. The number of ether oxygens (including phenoxy) is 5. The van der Waals surface area contributed by atoms with Gasteiger partial charge in [0.25, 0.3) is 0 Å². The molecule has 12 heteroatoms. The molecule has 1 aromatic heterocycles. The number of hydrogen-bond acceptors (Lipinski definition) is 12. The van der Waals surface area contributed by atoms with Gasteiger partial charge in [0.2, 0.25) is 18.4 Å². The first-order chi connectivity index (χ1) is 19.6. The van der Waals surface area contributed by atoms with Crippen molar-refractivity contribution in [2.75, 3.05) is 46.9 Å². The van der Waals surface area contributed by atoms with Gasteiger partial charge in [0.15, 0.2) is 11.5 Å². The number of aliphatic imine (C=N–C) groups is 3. The van der Waals surface area contributed by atoms with E-state index in [1.54, 1.807) is 25.6 Å².